The molecule has 1 saturated heterocycles. The maximum atomic E-state index is 12.0. The molecule has 0 saturated carbocycles. The van der Waals surface area contributed by atoms with E-state index in [-0.39, 0.29) is 18.0 Å². The standard InChI is InChI=1S/C10H22N2O4S/c1-11-5-4-6-17(13,14)12-7-9(15-2)10(8-12)16-3/h9-11H,4-8H2,1-3H3. The van der Waals surface area contributed by atoms with E-state index in [0.717, 1.165) is 0 Å². The van der Waals surface area contributed by atoms with Crippen molar-refractivity contribution < 1.29 is 17.9 Å². The smallest absolute Gasteiger partial charge is 0.214 e. The van der Waals surface area contributed by atoms with Crippen LogP contribution in [0, 0.1) is 0 Å². The molecule has 0 spiro atoms. The van der Waals surface area contributed by atoms with E-state index in [0.29, 0.717) is 26.1 Å². The monoisotopic (exact) mass is 266 g/mol. The van der Waals surface area contributed by atoms with Crippen LogP contribution in [-0.2, 0) is 19.5 Å². The van der Waals surface area contributed by atoms with Crippen molar-refractivity contribution in [2.75, 3.05) is 46.7 Å². The summed E-state index contributed by atoms with van der Waals surface area (Å²) in [6, 6.07) is 0. The molecule has 1 fully saturated rings. The van der Waals surface area contributed by atoms with Crippen molar-refractivity contribution in [2.24, 2.45) is 0 Å². The highest BCUT2D eigenvalue weighted by Gasteiger charge is 2.38. The molecule has 0 aliphatic carbocycles. The summed E-state index contributed by atoms with van der Waals surface area (Å²) in [4.78, 5) is 0. The Balaban J connectivity index is 2.56. The third-order valence-electron chi connectivity index (χ3n) is 3.01. The molecule has 1 aliphatic heterocycles. The molecule has 0 aromatic rings. The van der Waals surface area contributed by atoms with Crippen LogP contribution in [0.2, 0.25) is 0 Å². The minimum atomic E-state index is -3.18. The second-order valence-corrected chi connectivity index (χ2v) is 6.23. The molecule has 2 atom stereocenters. The van der Waals surface area contributed by atoms with Gasteiger partial charge < -0.3 is 14.8 Å². The van der Waals surface area contributed by atoms with Gasteiger partial charge >= 0.3 is 0 Å². The summed E-state index contributed by atoms with van der Waals surface area (Å²) in [5, 5.41) is 2.94. The summed E-state index contributed by atoms with van der Waals surface area (Å²) in [6.45, 7) is 1.47. The maximum absolute atomic E-state index is 12.0. The van der Waals surface area contributed by atoms with E-state index in [9.17, 15) is 8.42 Å². The number of sulfonamides is 1. The minimum Gasteiger partial charge on any atom is -0.377 e. The van der Waals surface area contributed by atoms with Crippen LogP contribution in [0.15, 0.2) is 0 Å². The average Bonchev–Trinajstić information content (AvgIpc) is 2.73. The summed E-state index contributed by atoms with van der Waals surface area (Å²) < 4.78 is 35.9. The Morgan fingerprint density at radius 2 is 1.76 bits per heavy atom. The lowest BCUT2D eigenvalue weighted by Gasteiger charge is -2.15. The van der Waals surface area contributed by atoms with Gasteiger partial charge in [0, 0.05) is 27.3 Å². The number of nitrogens with one attached hydrogen (secondary N) is 1. The first-order chi connectivity index (χ1) is 8.05. The van der Waals surface area contributed by atoms with Crippen molar-refractivity contribution in [3.8, 4) is 0 Å². The zero-order chi connectivity index (χ0) is 12.9. The van der Waals surface area contributed by atoms with Crippen molar-refractivity contribution in [1.29, 1.82) is 0 Å². The van der Waals surface area contributed by atoms with Crippen LogP contribution in [0.4, 0.5) is 0 Å². The van der Waals surface area contributed by atoms with Crippen LogP contribution in [0.1, 0.15) is 6.42 Å². The van der Waals surface area contributed by atoms with E-state index in [1.54, 1.807) is 14.2 Å². The summed E-state index contributed by atoms with van der Waals surface area (Å²) >= 11 is 0. The number of rotatable bonds is 7. The zero-order valence-electron chi connectivity index (χ0n) is 10.7. The predicted octanol–water partition coefficient (Wildman–Crippen LogP) is -0.729. The molecule has 1 rings (SSSR count). The third kappa shape index (κ3) is 3.89. The van der Waals surface area contributed by atoms with E-state index in [4.69, 9.17) is 9.47 Å². The molecule has 2 unspecified atom stereocenters. The predicted molar refractivity (Wildman–Crippen MR) is 65.5 cm³/mol. The summed E-state index contributed by atoms with van der Waals surface area (Å²) in [5.74, 6) is 0.167. The third-order valence-corrected chi connectivity index (χ3v) is 4.90. The largest absolute Gasteiger partial charge is 0.377 e. The van der Waals surface area contributed by atoms with E-state index >= 15 is 0 Å². The number of hydrogen-bond donors (Lipinski definition) is 1. The Hall–Kier alpha value is -0.210. The van der Waals surface area contributed by atoms with Crippen molar-refractivity contribution in [2.45, 2.75) is 18.6 Å². The molecule has 6 nitrogen and oxygen atoms in total. The van der Waals surface area contributed by atoms with E-state index in [2.05, 4.69) is 5.32 Å². The molecular formula is C10H22N2O4S. The fourth-order valence-corrected chi connectivity index (χ4v) is 3.47. The van der Waals surface area contributed by atoms with Gasteiger partial charge in [0.1, 0.15) is 0 Å². The Bertz CT molecular complexity index is 308. The quantitative estimate of drug-likeness (QED) is 0.615. The van der Waals surface area contributed by atoms with E-state index in [1.165, 1.54) is 4.31 Å². The van der Waals surface area contributed by atoms with Gasteiger partial charge in [0.15, 0.2) is 0 Å². The first kappa shape index (κ1) is 14.8. The average molecular weight is 266 g/mol. The van der Waals surface area contributed by atoms with Crippen LogP contribution in [-0.4, -0.2) is 71.6 Å². The highest BCUT2D eigenvalue weighted by atomic mass is 32.2. The lowest BCUT2D eigenvalue weighted by atomic mass is 10.3. The van der Waals surface area contributed by atoms with Crippen LogP contribution < -0.4 is 5.32 Å². The molecule has 0 aromatic heterocycles. The lowest BCUT2D eigenvalue weighted by Crippen LogP contribution is -2.33. The summed E-state index contributed by atoms with van der Waals surface area (Å²) in [6.07, 6.45) is 0.281. The van der Waals surface area contributed by atoms with Gasteiger partial charge in [-0.1, -0.05) is 0 Å². The van der Waals surface area contributed by atoms with Gasteiger partial charge in [0.2, 0.25) is 10.0 Å². The molecular weight excluding hydrogens is 244 g/mol. The molecule has 0 radical (unpaired) electrons. The number of hydrogen-bond acceptors (Lipinski definition) is 5. The topological polar surface area (TPSA) is 67.9 Å². The molecule has 0 bridgehead atoms. The second-order valence-electron chi connectivity index (χ2n) is 4.14. The summed E-state index contributed by atoms with van der Waals surface area (Å²) in [7, 11) is 1.78. The first-order valence-electron chi connectivity index (χ1n) is 5.73. The molecule has 0 aromatic carbocycles. The SMILES string of the molecule is CNCCCS(=O)(=O)N1CC(OC)C(OC)C1. The van der Waals surface area contributed by atoms with Gasteiger partial charge in [-0.3, -0.25) is 0 Å². The first-order valence-corrected chi connectivity index (χ1v) is 7.34. The Morgan fingerprint density at radius 1 is 1.24 bits per heavy atom. The molecule has 7 heteroatoms. The minimum absolute atomic E-state index is 0.167. The molecule has 102 valence electrons. The van der Waals surface area contributed by atoms with Crippen LogP contribution in [0.5, 0.6) is 0 Å². The lowest BCUT2D eigenvalue weighted by molar-refractivity contribution is -0.00461. The summed E-state index contributed by atoms with van der Waals surface area (Å²) in [5.41, 5.74) is 0. The van der Waals surface area contributed by atoms with Gasteiger partial charge in [0.25, 0.3) is 0 Å². The van der Waals surface area contributed by atoms with Crippen molar-refractivity contribution in [1.82, 2.24) is 9.62 Å². The number of methoxy groups -OCH3 is 2. The normalized spacial score (nSPS) is 26.5. The van der Waals surface area contributed by atoms with Gasteiger partial charge in [0.05, 0.1) is 18.0 Å². The fraction of sp³-hybridized carbons (Fsp3) is 1.00. The van der Waals surface area contributed by atoms with E-state index < -0.39 is 10.0 Å². The van der Waals surface area contributed by atoms with Crippen molar-refractivity contribution >= 4 is 10.0 Å². The molecule has 0 amide bonds. The van der Waals surface area contributed by atoms with Gasteiger partial charge in [-0.2, -0.15) is 4.31 Å². The van der Waals surface area contributed by atoms with Crippen LogP contribution in [0.25, 0.3) is 0 Å². The Morgan fingerprint density at radius 3 is 2.18 bits per heavy atom. The highest BCUT2D eigenvalue weighted by molar-refractivity contribution is 7.89. The van der Waals surface area contributed by atoms with E-state index in [1.807, 2.05) is 7.05 Å². The number of ether oxygens (including phenoxy) is 2. The van der Waals surface area contributed by atoms with Crippen molar-refractivity contribution in [3.63, 3.8) is 0 Å². The Labute approximate surface area is 103 Å². The van der Waals surface area contributed by atoms with Gasteiger partial charge in [-0.25, -0.2) is 8.42 Å². The molecule has 1 aliphatic rings. The molecule has 1 N–H and O–H groups in total. The van der Waals surface area contributed by atoms with Crippen LogP contribution >= 0.6 is 0 Å². The second kappa shape index (κ2) is 6.65. The highest BCUT2D eigenvalue weighted by Crippen LogP contribution is 2.19. The molecule has 1 heterocycles. The van der Waals surface area contributed by atoms with Gasteiger partial charge in [-0.05, 0) is 20.0 Å². The maximum Gasteiger partial charge on any atom is 0.214 e. The molecule has 17 heavy (non-hydrogen) atoms. The fourth-order valence-electron chi connectivity index (χ4n) is 1.95. The van der Waals surface area contributed by atoms with Crippen LogP contribution in [0.3, 0.4) is 0 Å². The van der Waals surface area contributed by atoms with Gasteiger partial charge in [-0.15, -0.1) is 0 Å². The Kier molecular flexibility index (Phi) is 5.81. The van der Waals surface area contributed by atoms with Crippen molar-refractivity contribution in [3.05, 3.63) is 0 Å². The zero-order valence-corrected chi connectivity index (χ0v) is 11.5. The number of nitrogens with zero attached hydrogens (tertiary/aromatic N) is 1.